The monoisotopic (exact) mass is 279 g/mol. The third-order valence-electron chi connectivity index (χ3n) is 2.25. The highest BCUT2D eigenvalue weighted by molar-refractivity contribution is 7.94. The number of aliphatic hydroxyl groups excluding tert-OH is 2. The number of hydrogen-bond donors (Lipinski definition) is 2. The third-order valence-corrected chi connectivity index (χ3v) is 3.66. The van der Waals surface area contributed by atoms with Crippen molar-refractivity contribution in [3.63, 3.8) is 0 Å². The van der Waals surface area contributed by atoms with E-state index in [-0.39, 0.29) is 32.1 Å². The van der Waals surface area contributed by atoms with Crippen LogP contribution in [0.15, 0.2) is 11.5 Å². The highest BCUT2D eigenvalue weighted by atomic mass is 32.2. The van der Waals surface area contributed by atoms with E-state index < -0.39 is 15.7 Å². The average molecular weight is 279 g/mol. The van der Waals surface area contributed by atoms with E-state index in [0.717, 1.165) is 17.9 Å². The number of hydrogen-bond acceptors (Lipinski definition) is 5. The van der Waals surface area contributed by atoms with Crippen LogP contribution in [-0.2, 0) is 14.6 Å². The molecule has 106 valence electrons. The van der Waals surface area contributed by atoms with Gasteiger partial charge in [-0.3, -0.25) is 4.79 Å². The molecule has 7 heteroatoms. The average Bonchev–Trinajstić information content (AvgIpc) is 2.33. The summed E-state index contributed by atoms with van der Waals surface area (Å²) in [5, 5.41) is 18.4. The zero-order chi connectivity index (χ0) is 14.0. The fourth-order valence-corrected chi connectivity index (χ4v) is 2.41. The van der Waals surface area contributed by atoms with Crippen molar-refractivity contribution >= 4 is 15.7 Å². The quantitative estimate of drug-likeness (QED) is 0.556. The molecule has 0 aromatic heterocycles. The number of amides is 1. The van der Waals surface area contributed by atoms with Crippen molar-refractivity contribution in [2.24, 2.45) is 0 Å². The SMILES string of the molecule is CCCCS(=O)(=O)C=CC(=O)N(CCO)CCO. The van der Waals surface area contributed by atoms with Crippen LogP contribution in [0.5, 0.6) is 0 Å². The molecule has 0 aromatic carbocycles. The molecular formula is C11H21NO5S. The molecule has 0 heterocycles. The number of sulfone groups is 1. The molecule has 0 aliphatic heterocycles. The molecule has 0 radical (unpaired) electrons. The Balaban J connectivity index is 4.51. The Labute approximate surface area is 108 Å². The van der Waals surface area contributed by atoms with Gasteiger partial charge in [0.05, 0.1) is 19.0 Å². The lowest BCUT2D eigenvalue weighted by molar-refractivity contribution is -0.127. The van der Waals surface area contributed by atoms with Crippen LogP contribution >= 0.6 is 0 Å². The Kier molecular flexibility index (Phi) is 8.61. The lowest BCUT2D eigenvalue weighted by atomic mass is 10.4. The van der Waals surface area contributed by atoms with E-state index in [1.54, 1.807) is 0 Å². The molecule has 0 saturated heterocycles. The van der Waals surface area contributed by atoms with Crippen LogP contribution in [0.1, 0.15) is 19.8 Å². The minimum Gasteiger partial charge on any atom is -0.395 e. The molecule has 0 aromatic rings. The Hall–Kier alpha value is -0.920. The summed E-state index contributed by atoms with van der Waals surface area (Å²) in [6.07, 6.45) is 2.29. The summed E-state index contributed by atoms with van der Waals surface area (Å²) >= 11 is 0. The summed E-state index contributed by atoms with van der Waals surface area (Å²) < 4.78 is 23.0. The number of rotatable bonds is 9. The first-order valence-corrected chi connectivity index (χ1v) is 7.59. The summed E-state index contributed by atoms with van der Waals surface area (Å²) in [7, 11) is -3.36. The second kappa shape index (κ2) is 9.07. The maximum Gasteiger partial charge on any atom is 0.247 e. The molecule has 18 heavy (non-hydrogen) atoms. The zero-order valence-corrected chi connectivity index (χ0v) is 11.4. The van der Waals surface area contributed by atoms with Gasteiger partial charge < -0.3 is 15.1 Å². The Morgan fingerprint density at radius 3 is 2.22 bits per heavy atom. The van der Waals surface area contributed by atoms with Crippen molar-refractivity contribution in [3.8, 4) is 0 Å². The van der Waals surface area contributed by atoms with Crippen LogP contribution in [0.4, 0.5) is 0 Å². The predicted molar refractivity (Wildman–Crippen MR) is 68.6 cm³/mol. The van der Waals surface area contributed by atoms with Crippen LogP contribution in [0.3, 0.4) is 0 Å². The molecule has 0 unspecified atom stereocenters. The number of carbonyl (C=O) groups excluding carboxylic acids is 1. The third kappa shape index (κ3) is 7.41. The van der Waals surface area contributed by atoms with Crippen LogP contribution in [-0.4, -0.2) is 61.5 Å². The number of unbranched alkanes of at least 4 members (excludes halogenated alkanes) is 1. The fourth-order valence-electron chi connectivity index (χ4n) is 1.25. The fraction of sp³-hybridized carbons (Fsp3) is 0.727. The molecule has 0 spiro atoms. The largest absolute Gasteiger partial charge is 0.395 e. The first-order valence-electron chi connectivity index (χ1n) is 5.88. The van der Waals surface area contributed by atoms with Crippen LogP contribution in [0.2, 0.25) is 0 Å². The van der Waals surface area contributed by atoms with E-state index in [9.17, 15) is 13.2 Å². The van der Waals surface area contributed by atoms with Gasteiger partial charge in [-0.05, 0) is 6.42 Å². The number of nitrogens with zero attached hydrogens (tertiary/aromatic N) is 1. The van der Waals surface area contributed by atoms with Gasteiger partial charge in [0, 0.05) is 24.6 Å². The van der Waals surface area contributed by atoms with Gasteiger partial charge in [0.1, 0.15) is 0 Å². The van der Waals surface area contributed by atoms with Gasteiger partial charge in [0.25, 0.3) is 0 Å². The van der Waals surface area contributed by atoms with Gasteiger partial charge in [-0.15, -0.1) is 0 Å². The Bertz CT molecular complexity index is 358. The molecule has 0 aliphatic carbocycles. The molecule has 0 aliphatic rings. The summed E-state index contributed by atoms with van der Waals surface area (Å²) in [4.78, 5) is 12.8. The summed E-state index contributed by atoms with van der Waals surface area (Å²) in [6, 6.07) is 0. The van der Waals surface area contributed by atoms with E-state index in [1.807, 2.05) is 6.92 Å². The summed E-state index contributed by atoms with van der Waals surface area (Å²) in [5.74, 6) is -0.508. The molecular weight excluding hydrogens is 258 g/mol. The molecule has 0 bridgehead atoms. The normalized spacial score (nSPS) is 11.9. The maximum atomic E-state index is 11.6. The standard InChI is InChI=1S/C11H21NO5S/c1-2-3-9-18(16,17)10-4-11(15)12(5-7-13)6-8-14/h4,10,13-14H,2-3,5-9H2,1H3. The van der Waals surface area contributed by atoms with Crippen molar-refractivity contribution in [1.29, 1.82) is 0 Å². The zero-order valence-electron chi connectivity index (χ0n) is 10.6. The van der Waals surface area contributed by atoms with E-state index in [2.05, 4.69) is 0 Å². The minimum absolute atomic E-state index is 0.0211. The summed E-state index contributed by atoms with van der Waals surface area (Å²) in [5.41, 5.74) is 0. The van der Waals surface area contributed by atoms with Crippen molar-refractivity contribution < 1.29 is 23.4 Å². The van der Waals surface area contributed by atoms with Gasteiger partial charge in [-0.25, -0.2) is 8.42 Å². The molecule has 1 amide bonds. The van der Waals surface area contributed by atoms with E-state index >= 15 is 0 Å². The van der Waals surface area contributed by atoms with E-state index in [1.165, 1.54) is 4.90 Å². The maximum absolute atomic E-state index is 11.6. The Morgan fingerprint density at radius 2 is 1.78 bits per heavy atom. The van der Waals surface area contributed by atoms with Crippen molar-refractivity contribution in [1.82, 2.24) is 4.90 Å². The molecule has 0 rings (SSSR count). The van der Waals surface area contributed by atoms with Crippen molar-refractivity contribution in [2.45, 2.75) is 19.8 Å². The molecule has 0 fully saturated rings. The lowest BCUT2D eigenvalue weighted by Crippen LogP contribution is -2.34. The first kappa shape index (κ1) is 17.1. The predicted octanol–water partition coefficient (Wildman–Crippen LogP) is -0.472. The summed E-state index contributed by atoms with van der Waals surface area (Å²) in [6.45, 7) is 1.55. The highest BCUT2D eigenvalue weighted by Gasteiger charge is 2.11. The molecule has 6 nitrogen and oxygen atoms in total. The van der Waals surface area contributed by atoms with Crippen LogP contribution in [0, 0.1) is 0 Å². The number of aliphatic hydroxyl groups is 2. The Morgan fingerprint density at radius 1 is 1.22 bits per heavy atom. The van der Waals surface area contributed by atoms with Gasteiger partial charge in [0.15, 0.2) is 9.84 Å². The van der Waals surface area contributed by atoms with Crippen molar-refractivity contribution in [2.75, 3.05) is 32.1 Å². The van der Waals surface area contributed by atoms with E-state index in [0.29, 0.717) is 6.42 Å². The molecule has 2 N–H and O–H groups in total. The molecule has 0 atom stereocenters. The smallest absolute Gasteiger partial charge is 0.247 e. The van der Waals surface area contributed by atoms with Gasteiger partial charge >= 0.3 is 0 Å². The van der Waals surface area contributed by atoms with Crippen molar-refractivity contribution in [3.05, 3.63) is 11.5 Å². The van der Waals surface area contributed by atoms with Gasteiger partial charge in [-0.2, -0.15) is 0 Å². The highest BCUT2D eigenvalue weighted by Crippen LogP contribution is 2.00. The van der Waals surface area contributed by atoms with Crippen LogP contribution < -0.4 is 0 Å². The minimum atomic E-state index is -3.36. The first-order chi connectivity index (χ1) is 8.46. The topological polar surface area (TPSA) is 94.9 Å². The second-order valence-corrected chi connectivity index (χ2v) is 5.80. The second-order valence-electron chi connectivity index (χ2n) is 3.80. The van der Waals surface area contributed by atoms with Crippen LogP contribution in [0.25, 0.3) is 0 Å². The molecule has 0 saturated carbocycles. The van der Waals surface area contributed by atoms with E-state index in [4.69, 9.17) is 10.2 Å². The number of carbonyl (C=O) groups is 1. The van der Waals surface area contributed by atoms with Gasteiger partial charge in [0.2, 0.25) is 5.91 Å². The lowest BCUT2D eigenvalue weighted by Gasteiger charge is -2.18. The van der Waals surface area contributed by atoms with Gasteiger partial charge in [-0.1, -0.05) is 13.3 Å².